The van der Waals surface area contributed by atoms with Gasteiger partial charge in [0.25, 0.3) is 0 Å². The number of aliphatic imine (C=N–C) groups is 1. The van der Waals surface area contributed by atoms with Crippen molar-refractivity contribution in [2.75, 3.05) is 39.3 Å². The van der Waals surface area contributed by atoms with E-state index < -0.39 is 0 Å². The van der Waals surface area contributed by atoms with E-state index in [-0.39, 0.29) is 24.0 Å². The highest BCUT2D eigenvalue weighted by Gasteiger charge is 2.19. The number of ether oxygens (including phenoxy) is 1. The van der Waals surface area contributed by atoms with Crippen molar-refractivity contribution < 1.29 is 4.74 Å². The molecule has 1 fully saturated rings. The molecule has 1 aliphatic heterocycles. The number of likely N-dealkylation sites (tertiary alicyclic amines) is 1. The SMILES string of the molecule is CCNC(=NCCN1CCCCC1CC)NCCOc1cccnc1.I. The van der Waals surface area contributed by atoms with Crippen LogP contribution < -0.4 is 15.4 Å². The minimum atomic E-state index is 0. The highest BCUT2D eigenvalue weighted by molar-refractivity contribution is 14.0. The largest absolute Gasteiger partial charge is 0.490 e. The standard InChI is InChI=1S/C19H33N5O.HI/c1-3-17-8-5-6-13-24(17)14-11-22-19(21-4-2)23-12-15-25-18-9-7-10-20-16-18;/h7,9-10,16-17H,3-6,8,11-15H2,1-2H3,(H2,21,22,23);1H. The maximum atomic E-state index is 5.65. The van der Waals surface area contributed by atoms with Gasteiger partial charge in [0.15, 0.2) is 5.96 Å². The smallest absolute Gasteiger partial charge is 0.191 e. The fourth-order valence-electron chi connectivity index (χ4n) is 3.22. The normalized spacial score (nSPS) is 18.1. The van der Waals surface area contributed by atoms with Gasteiger partial charge in [-0.25, -0.2) is 0 Å². The van der Waals surface area contributed by atoms with E-state index in [0.29, 0.717) is 13.2 Å². The van der Waals surface area contributed by atoms with E-state index in [4.69, 9.17) is 9.73 Å². The minimum absolute atomic E-state index is 0. The lowest BCUT2D eigenvalue weighted by Crippen LogP contribution is -2.42. The van der Waals surface area contributed by atoms with Gasteiger partial charge in [-0.3, -0.25) is 14.9 Å². The average molecular weight is 475 g/mol. The van der Waals surface area contributed by atoms with Gasteiger partial charge in [0.2, 0.25) is 0 Å². The van der Waals surface area contributed by atoms with E-state index in [1.807, 2.05) is 12.1 Å². The van der Waals surface area contributed by atoms with E-state index in [0.717, 1.165) is 37.4 Å². The molecule has 7 heteroatoms. The molecule has 2 N–H and O–H groups in total. The van der Waals surface area contributed by atoms with Gasteiger partial charge in [-0.1, -0.05) is 13.3 Å². The molecule has 2 heterocycles. The minimum Gasteiger partial charge on any atom is -0.490 e. The van der Waals surface area contributed by atoms with Crippen molar-refractivity contribution in [3.63, 3.8) is 0 Å². The van der Waals surface area contributed by atoms with Crippen LogP contribution in [0.25, 0.3) is 0 Å². The van der Waals surface area contributed by atoms with Crippen molar-refractivity contribution in [2.45, 2.75) is 45.6 Å². The van der Waals surface area contributed by atoms with Crippen LogP contribution in [-0.4, -0.2) is 61.2 Å². The predicted molar refractivity (Wildman–Crippen MR) is 119 cm³/mol. The highest BCUT2D eigenvalue weighted by atomic mass is 127. The van der Waals surface area contributed by atoms with Crippen LogP contribution >= 0.6 is 24.0 Å². The molecule has 1 aromatic heterocycles. The first-order valence-corrected chi connectivity index (χ1v) is 9.62. The Morgan fingerprint density at radius 2 is 2.23 bits per heavy atom. The summed E-state index contributed by atoms with van der Waals surface area (Å²) in [5, 5.41) is 6.63. The molecular weight excluding hydrogens is 441 g/mol. The van der Waals surface area contributed by atoms with Crippen molar-refractivity contribution in [3.05, 3.63) is 24.5 Å². The number of aromatic nitrogens is 1. The molecule has 2 rings (SSSR count). The van der Waals surface area contributed by atoms with Crippen LogP contribution in [0.15, 0.2) is 29.5 Å². The number of halogens is 1. The average Bonchev–Trinajstić information content (AvgIpc) is 2.66. The first kappa shape index (κ1) is 23.0. The Morgan fingerprint density at radius 3 is 2.96 bits per heavy atom. The molecule has 0 radical (unpaired) electrons. The Labute approximate surface area is 175 Å². The van der Waals surface area contributed by atoms with Gasteiger partial charge in [0.1, 0.15) is 12.4 Å². The highest BCUT2D eigenvalue weighted by Crippen LogP contribution is 2.18. The van der Waals surface area contributed by atoms with Crippen LogP contribution in [-0.2, 0) is 0 Å². The van der Waals surface area contributed by atoms with E-state index in [9.17, 15) is 0 Å². The molecule has 0 aromatic carbocycles. The molecule has 1 aromatic rings. The van der Waals surface area contributed by atoms with Crippen LogP contribution in [0.5, 0.6) is 5.75 Å². The van der Waals surface area contributed by atoms with Crippen LogP contribution in [0.4, 0.5) is 0 Å². The fourth-order valence-corrected chi connectivity index (χ4v) is 3.22. The summed E-state index contributed by atoms with van der Waals surface area (Å²) in [4.78, 5) is 11.3. The van der Waals surface area contributed by atoms with Gasteiger partial charge in [-0.15, -0.1) is 24.0 Å². The summed E-state index contributed by atoms with van der Waals surface area (Å²) in [6, 6.07) is 4.53. The van der Waals surface area contributed by atoms with Crippen LogP contribution in [0.2, 0.25) is 0 Å². The second-order valence-electron chi connectivity index (χ2n) is 6.32. The van der Waals surface area contributed by atoms with E-state index in [2.05, 4.69) is 34.4 Å². The van der Waals surface area contributed by atoms with Gasteiger partial charge < -0.3 is 15.4 Å². The van der Waals surface area contributed by atoms with Crippen LogP contribution in [0, 0.1) is 0 Å². The monoisotopic (exact) mass is 475 g/mol. The summed E-state index contributed by atoms with van der Waals surface area (Å²) in [6.07, 6.45) is 8.75. The van der Waals surface area contributed by atoms with Gasteiger partial charge >= 0.3 is 0 Å². The Bertz CT molecular complexity index is 500. The zero-order valence-corrected chi connectivity index (χ0v) is 18.4. The van der Waals surface area contributed by atoms with E-state index in [1.54, 1.807) is 12.4 Å². The predicted octanol–water partition coefficient (Wildman–Crippen LogP) is 2.90. The lowest BCUT2D eigenvalue weighted by atomic mass is 10.0. The lowest BCUT2D eigenvalue weighted by Gasteiger charge is -2.34. The lowest BCUT2D eigenvalue weighted by molar-refractivity contribution is 0.148. The number of hydrogen-bond acceptors (Lipinski definition) is 4. The van der Waals surface area contributed by atoms with Crippen molar-refractivity contribution >= 4 is 29.9 Å². The second kappa shape index (κ2) is 14.0. The topological polar surface area (TPSA) is 61.8 Å². The van der Waals surface area contributed by atoms with Crippen molar-refractivity contribution in [1.29, 1.82) is 0 Å². The molecule has 1 aliphatic rings. The molecule has 6 nitrogen and oxygen atoms in total. The summed E-state index contributed by atoms with van der Waals surface area (Å²) >= 11 is 0. The molecule has 1 unspecified atom stereocenters. The summed E-state index contributed by atoms with van der Waals surface area (Å²) in [5.74, 6) is 1.66. The number of guanidine groups is 1. The van der Waals surface area contributed by atoms with Gasteiger partial charge in [0, 0.05) is 25.3 Å². The number of rotatable bonds is 9. The van der Waals surface area contributed by atoms with Crippen molar-refractivity contribution in [1.82, 2.24) is 20.5 Å². The Hall–Kier alpha value is -1.09. The molecule has 0 amide bonds. The molecular formula is C19H34IN5O. The molecule has 0 bridgehead atoms. The van der Waals surface area contributed by atoms with E-state index >= 15 is 0 Å². The molecule has 1 saturated heterocycles. The molecule has 148 valence electrons. The van der Waals surface area contributed by atoms with E-state index in [1.165, 1.54) is 32.2 Å². The fraction of sp³-hybridized carbons (Fsp3) is 0.684. The molecule has 0 spiro atoms. The van der Waals surface area contributed by atoms with Crippen molar-refractivity contribution in [3.8, 4) is 5.75 Å². The summed E-state index contributed by atoms with van der Waals surface area (Å²) in [5.41, 5.74) is 0. The number of nitrogens with zero attached hydrogens (tertiary/aromatic N) is 3. The Morgan fingerprint density at radius 1 is 1.35 bits per heavy atom. The number of nitrogens with one attached hydrogen (secondary N) is 2. The third kappa shape index (κ3) is 8.53. The maximum Gasteiger partial charge on any atom is 0.191 e. The first-order valence-electron chi connectivity index (χ1n) is 9.62. The molecule has 1 atom stereocenters. The second-order valence-corrected chi connectivity index (χ2v) is 6.32. The van der Waals surface area contributed by atoms with Crippen LogP contribution in [0.1, 0.15) is 39.5 Å². The number of pyridine rings is 1. The number of hydrogen-bond donors (Lipinski definition) is 2. The summed E-state index contributed by atoms with van der Waals surface area (Å²) in [6.45, 7) is 9.62. The third-order valence-corrected chi connectivity index (χ3v) is 4.52. The zero-order chi connectivity index (χ0) is 17.7. The third-order valence-electron chi connectivity index (χ3n) is 4.52. The van der Waals surface area contributed by atoms with Gasteiger partial charge in [0.05, 0.1) is 19.3 Å². The van der Waals surface area contributed by atoms with Crippen LogP contribution in [0.3, 0.4) is 0 Å². The van der Waals surface area contributed by atoms with Crippen molar-refractivity contribution in [2.24, 2.45) is 4.99 Å². The van der Waals surface area contributed by atoms with Gasteiger partial charge in [-0.2, -0.15) is 0 Å². The summed E-state index contributed by atoms with van der Waals surface area (Å²) < 4.78 is 5.65. The molecule has 0 saturated carbocycles. The summed E-state index contributed by atoms with van der Waals surface area (Å²) in [7, 11) is 0. The number of piperidine rings is 1. The Kier molecular flexibility index (Phi) is 12.4. The molecule has 0 aliphatic carbocycles. The van der Waals surface area contributed by atoms with Gasteiger partial charge in [-0.05, 0) is 44.9 Å². The first-order chi connectivity index (χ1) is 12.3. The zero-order valence-electron chi connectivity index (χ0n) is 16.1. The quantitative estimate of drug-likeness (QED) is 0.249. The molecule has 26 heavy (non-hydrogen) atoms. The maximum absolute atomic E-state index is 5.65. The Balaban J connectivity index is 0.00000338.